The number of nitrogens with one attached hydrogen (secondary N) is 1. The standard InChI is InChI=1S/C13H23NOS/c1-4-10(2)13(8-15)14-11(3)7-12-5-6-16-9-12/h5-6,9-11,13-15H,4,7-8H2,1-3H3. The molecule has 92 valence electrons. The molecule has 1 heterocycles. The quantitative estimate of drug-likeness (QED) is 0.769. The second-order valence-corrected chi connectivity index (χ2v) is 5.36. The van der Waals surface area contributed by atoms with E-state index >= 15 is 0 Å². The molecule has 0 aliphatic rings. The highest BCUT2D eigenvalue weighted by atomic mass is 32.1. The Morgan fingerprint density at radius 1 is 1.44 bits per heavy atom. The molecule has 0 saturated heterocycles. The van der Waals surface area contributed by atoms with Crippen LogP contribution in [0.2, 0.25) is 0 Å². The van der Waals surface area contributed by atoms with Crippen LogP contribution in [0.3, 0.4) is 0 Å². The molecule has 1 aromatic rings. The Kier molecular flexibility index (Phi) is 6.03. The van der Waals surface area contributed by atoms with E-state index in [0.717, 1.165) is 12.8 Å². The Bertz CT molecular complexity index is 273. The first-order valence-electron chi connectivity index (χ1n) is 6.05. The highest BCUT2D eigenvalue weighted by molar-refractivity contribution is 7.07. The molecule has 16 heavy (non-hydrogen) atoms. The minimum absolute atomic E-state index is 0.221. The minimum Gasteiger partial charge on any atom is -0.395 e. The number of hydrogen-bond donors (Lipinski definition) is 2. The van der Waals surface area contributed by atoms with E-state index in [-0.39, 0.29) is 12.6 Å². The molecular formula is C13H23NOS. The normalized spacial score (nSPS) is 17.0. The summed E-state index contributed by atoms with van der Waals surface area (Å²) in [6, 6.07) is 2.81. The third kappa shape index (κ3) is 4.24. The van der Waals surface area contributed by atoms with Gasteiger partial charge in [-0.15, -0.1) is 0 Å². The number of hydrogen-bond acceptors (Lipinski definition) is 3. The third-order valence-electron chi connectivity index (χ3n) is 3.15. The molecule has 0 aliphatic heterocycles. The van der Waals surface area contributed by atoms with E-state index in [1.807, 2.05) is 0 Å². The zero-order valence-corrected chi connectivity index (χ0v) is 11.3. The number of thiophene rings is 1. The lowest BCUT2D eigenvalue weighted by atomic mass is 9.98. The zero-order valence-electron chi connectivity index (χ0n) is 10.4. The molecular weight excluding hydrogens is 218 g/mol. The maximum atomic E-state index is 9.34. The van der Waals surface area contributed by atoms with E-state index < -0.39 is 0 Å². The maximum absolute atomic E-state index is 9.34. The molecule has 0 fully saturated rings. The van der Waals surface area contributed by atoms with E-state index in [2.05, 4.69) is 42.9 Å². The van der Waals surface area contributed by atoms with Gasteiger partial charge in [0.25, 0.3) is 0 Å². The Labute approximate surface area is 103 Å². The number of rotatable bonds is 7. The van der Waals surface area contributed by atoms with Crippen molar-refractivity contribution in [1.82, 2.24) is 5.32 Å². The predicted molar refractivity (Wildman–Crippen MR) is 70.9 cm³/mol. The van der Waals surface area contributed by atoms with E-state index in [0.29, 0.717) is 12.0 Å². The second kappa shape index (κ2) is 7.05. The van der Waals surface area contributed by atoms with Crippen LogP contribution < -0.4 is 5.32 Å². The largest absolute Gasteiger partial charge is 0.395 e. The van der Waals surface area contributed by atoms with E-state index in [9.17, 15) is 5.11 Å². The van der Waals surface area contributed by atoms with Gasteiger partial charge in [-0.1, -0.05) is 20.3 Å². The smallest absolute Gasteiger partial charge is 0.0587 e. The molecule has 1 aromatic heterocycles. The van der Waals surface area contributed by atoms with E-state index in [1.54, 1.807) is 11.3 Å². The molecule has 0 spiro atoms. The van der Waals surface area contributed by atoms with Crippen LogP contribution in [-0.2, 0) is 6.42 Å². The summed E-state index contributed by atoms with van der Waals surface area (Å²) in [6.45, 7) is 6.76. The summed E-state index contributed by atoms with van der Waals surface area (Å²) in [7, 11) is 0. The molecule has 1 rings (SSSR count). The minimum atomic E-state index is 0.221. The van der Waals surface area contributed by atoms with Gasteiger partial charge in [0, 0.05) is 12.1 Å². The Morgan fingerprint density at radius 3 is 2.69 bits per heavy atom. The summed E-state index contributed by atoms with van der Waals surface area (Å²) in [5.41, 5.74) is 1.38. The van der Waals surface area contributed by atoms with Gasteiger partial charge in [0.2, 0.25) is 0 Å². The van der Waals surface area contributed by atoms with Gasteiger partial charge < -0.3 is 10.4 Å². The molecule has 0 amide bonds. The van der Waals surface area contributed by atoms with Crippen LogP contribution in [0.25, 0.3) is 0 Å². The maximum Gasteiger partial charge on any atom is 0.0587 e. The van der Waals surface area contributed by atoms with Crippen molar-refractivity contribution in [3.63, 3.8) is 0 Å². The van der Waals surface area contributed by atoms with Crippen molar-refractivity contribution in [2.24, 2.45) is 5.92 Å². The summed E-state index contributed by atoms with van der Waals surface area (Å²) in [4.78, 5) is 0. The van der Waals surface area contributed by atoms with E-state index in [4.69, 9.17) is 0 Å². The van der Waals surface area contributed by atoms with Crippen molar-refractivity contribution in [2.75, 3.05) is 6.61 Å². The zero-order chi connectivity index (χ0) is 12.0. The lowest BCUT2D eigenvalue weighted by Gasteiger charge is -2.26. The van der Waals surface area contributed by atoms with Gasteiger partial charge in [-0.25, -0.2) is 0 Å². The molecule has 2 N–H and O–H groups in total. The fourth-order valence-corrected chi connectivity index (χ4v) is 2.55. The molecule has 0 radical (unpaired) electrons. The van der Waals surface area contributed by atoms with Gasteiger partial charge in [-0.3, -0.25) is 0 Å². The summed E-state index contributed by atoms with van der Waals surface area (Å²) in [6.07, 6.45) is 2.14. The Balaban J connectivity index is 2.39. The summed E-state index contributed by atoms with van der Waals surface area (Å²) < 4.78 is 0. The van der Waals surface area contributed by atoms with Crippen LogP contribution in [0.5, 0.6) is 0 Å². The van der Waals surface area contributed by atoms with Crippen LogP contribution in [-0.4, -0.2) is 23.8 Å². The molecule has 3 heteroatoms. The third-order valence-corrected chi connectivity index (χ3v) is 3.88. The lowest BCUT2D eigenvalue weighted by Crippen LogP contribution is -2.43. The lowest BCUT2D eigenvalue weighted by molar-refractivity contribution is 0.192. The van der Waals surface area contributed by atoms with Crippen LogP contribution in [0.15, 0.2) is 16.8 Å². The number of aliphatic hydroxyl groups excluding tert-OH is 1. The summed E-state index contributed by atoms with van der Waals surface area (Å²) in [5.74, 6) is 0.523. The number of aliphatic hydroxyl groups is 1. The van der Waals surface area contributed by atoms with Crippen molar-refractivity contribution in [1.29, 1.82) is 0 Å². The molecule has 0 bridgehead atoms. The van der Waals surface area contributed by atoms with Crippen molar-refractivity contribution < 1.29 is 5.11 Å². The van der Waals surface area contributed by atoms with Crippen molar-refractivity contribution >= 4 is 11.3 Å². The topological polar surface area (TPSA) is 32.3 Å². The highest BCUT2D eigenvalue weighted by Crippen LogP contribution is 2.11. The molecule has 0 aliphatic carbocycles. The molecule has 0 aromatic carbocycles. The molecule has 3 atom stereocenters. The summed E-state index contributed by atoms with van der Waals surface area (Å²) >= 11 is 1.74. The van der Waals surface area contributed by atoms with E-state index in [1.165, 1.54) is 5.56 Å². The van der Waals surface area contributed by atoms with Crippen LogP contribution in [0, 0.1) is 5.92 Å². The highest BCUT2D eigenvalue weighted by Gasteiger charge is 2.16. The van der Waals surface area contributed by atoms with Crippen LogP contribution in [0.1, 0.15) is 32.8 Å². The van der Waals surface area contributed by atoms with Crippen molar-refractivity contribution in [3.05, 3.63) is 22.4 Å². The fourth-order valence-electron chi connectivity index (χ4n) is 1.87. The Hall–Kier alpha value is -0.380. The van der Waals surface area contributed by atoms with Gasteiger partial charge in [-0.05, 0) is 41.7 Å². The van der Waals surface area contributed by atoms with Gasteiger partial charge in [-0.2, -0.15) is 11.3 Å². The molecule has 0 saturated carbocycles. The molecule has 3 unspecified atom stereocenters. The average Bonchev–Trinajstić information content (AvgIpc) is 2.77. The first-order chi connectivity index (χ1) is 7.67. The average molecular weight is 241 g/mol. The van der Waals surface area contributed by atoms with Crippen molar-refractivity contribution in [2.45, 2.75) is 45.7 Å². The van der Waals surface area contributed by atoms with Gasteiger partial charge in [0.1, 0.15) is 0 Å². The second-order valence-electron chi connectivity index (χ2n) is 4.58. The SMILES string of the molecule is CCC(C)C(CO)NC(C)Cc1ccsc1. The predicted octanol–water partition coefficient (Wildman–Crippen LogP) is 2.68. The van der Waals surface area contributed by atoms with Gasteiger partial charge in [0.15, 0.2) is 0 Å². The van der Waals surface area contributed by atoms with Gasteiger partial charge in [0.05, 0.1) is 6.61 Å². The first-order valence-corrected chi connectivity index (χ1v) is 6.99. The van der Waals surface area contributed by atoms with Crippen molar-refractivity contribution in [3.8, 4) is 0 Å². The van der Waals surface area contributed by atoms with Crippen LogP contribution in [0.4, 0.5) is 0 Å². The van der Waals surface area contributed by atoms with Crippen LogP contribution >= 0.6 is 11.3 Å². The Morgan fingerprint density at radius 2 is 2.19 bits per heavy atom. The monoisotopic (exact) mass is 241 g/mol. The van der Waals surface area contributed by atoms with Gasteiger partial charge >= 0.3 is 0 Å². The first kappa shape index (κ1) is 13.7. The fraction of sp³-hybridized carbons (Fsp3) is 0.692. The summed E-state index contributed by atoms with van der Waals surface area (Å²) in [5, 5.41) is 17.2. The molecule has 2 nitrogen and oxygen atoms in total.